The molecule has 1 aromatic heterocycles. The van der Waals surface area contributed by atoms with Crippen LogP contribution in [-0.2, 0) is 19.6 Å². The van der Waals surface area contributed by atoms with E-state index in [4.69, 9.17) is 4.74 Å². The van der Waals surface area contributed by atoms with Crippen LogP contribution in [0.2, 0.25) is 0 Å². The molecule has 0 radical (unpaired) electrons. The number of rotatable bonds is 6. The summed E-state index contributed by atoms with van der Waals surface area (Å²) in [5.41, 5.74) is 0. The van der Waals surface area contributed by atoms with E-state index in [0.717, 1.165) is 31.2 Å². The van der Waals surface area contributed by atoms with Crippen LogP contribution in [0.15, 0.2) is 23.2 Å². The number of pyridine rings is 1. The predicted molar refractivity (Wildman–Crippen MR) is 118 cm³/mol. The van der Waals surface area contributed by atoms with Crippen LogP contribution >= 0.6 is 0 Å². The van der Waals surface area contributed by atoms with Crippen LogP contribution in [0.25, 0.3) is 0 Å². The van der Waals surface area contributed by atoms with Crippen LogP contribution in [0, 0.1) is 5.92 Å². The van der Waals surface area contributed by atoms with Gasteiger partial charge in [0, 0.05) is 51.9 Å². The van der Waals surface area contributed by atoms with Crippen LogP contribution in [0.3, 0.4) is 0 Å². The summed E-state index contributed by atoms with van der Waals surface area (Å²) in [7, 11) is -3.53. The molecule has 2 saturated heterocycles. The van der Waals surface area contributed by atoms with Crippen LogP contribution < -0.4 is 4.90 Å². The van der Waals surface area contributed by atoms with Crippen molar-refractivity contribution in [3.8, 4) is 0 Å². The highest BCUT2D eigenvalue weighted by Crippen LogP contribution is 2.27. The number of amides is 1. The molecule has 0 spiro atoms. The van der Waals surface area contributed by atoms with Gasteiger partial charge in [0.15, 0.2) is 0 Å². The molecule has 0 aromatic carbocycles. The SMILES string of the molecule is O=C(CCC1CCCCC1)N1CCN(c2ccc(S(=O)(=O)N3CCOCC3)cn2)CC1. The summed E-state index contributed by atoms with van der Waals surface area (Å²) >= 11 is 0. The zero-order valence-electron chi connectivity index (χ0n) is 18.2. The molecular weight excluding hydrogens is 416 g/mol. The van der Waals surface area contributed by atoms with Gasteiger partial charge in [-0.3, -0.25) is 4.79 Å². The number of piperazine rings is 1. The molecule has 2 aliphatic heterocycles. The molecule has 1 saturated carbocycles. The average molecular weight is 451 g/mol. The molecule has 4 rings (SSSR count). The smallest absolute Gasteiger partial charge is 0.244 e. The van der Waals surface area contributed by atoms with E-state index in [2.05, 4.69) is 9.88 Å². The van der Waals surface area contributed by atoms with Gasteiger partial charge in [-0.25, -0.2) is 13.4 Å². The summed E-state index contributed by atoms with van der Waals surface area (Å²) < 4.78 is 32.2. The van der Waals surface area contributed by atoms with Crippen molar-refractivity contribution in [3.63, 3.8) is 0 Å². The first-order chi connectivity index (χ1) is 15.0. The van der Waals surface area contributed by atoms with Crippen LogP contribution in [0.4, 0.5) is 5.82 Å². The molecule has 8 nitrogen and oxygen atoms in total. The van der Waals surface area contributed by atoms with Gasteiger partial charge in [-0.2, -0.15) is 4.31 Å². The van der Waals surface area contributed by atoms with Gasteiger partial charge in [0.2, 0.25) is 15.9 Å². The normalized spacial score (nSPS) is 21.9. The summed E-state index contributed by atoms with van der Waals surface area (Å²) in [5.74, 6) is 1.76. The molecule has 1 amide bonds. The Bertz CT molecular complexity index is 826. The number of carbonyl (C=O) groups is 1. The maximum atomic E-state index is 12.7. The average Bonchev–Trinajstić information content (AvgIpc) is 2.84. The Balaban J connectivity index is 1.27. The number of aromatic nitrogens is 1. The molecule has 1 aliphatic carbocycles. The third-order valence-corrected chi connectivity index (χ3v) is 8.66. The monoisotopic (exact) mass is 450 g/mol. The van der Waals surface area contributed by atoms with Crippen molar-refractivity contribution >= 4 is 21.7 Å². The fourth-order valence-electron chi connectivity index (χ4n) is 4.79. The van der Waals surface area contributed by atoms with E-state index in [1.807, 2.05) is 4.90 Å². The van der Waals surface area contributed by atoms with Crippen molar-refractivity contribution in [2.45, 2.75) is 49.8 Å². The molecule has 172 valence electrons. The lowest BCUT2D eigenvalue weighted by atomic mass is 9.86. The van der Waals surface area contributed by atoms with Crippen molar-refractivity contribution in [2.24, 2.45) is 5.92 Å². The number of ether oxygens (including phenoxy) is 1. The van der Waals surface area contributed by atoms with Gasteiger partial charge in [0.25, 0.3) is 0 Å². The summed E-state index contributed by atoms with van der Waals surface area (Å²) in [5, 5.41) is 0. The lowest BCUT2D eigenvalue weighted by molar-refractivity contribution is -0.131. The number of carbonyl (C=O) groups excluding carboxylic acids is 1. The highest BCUT2D eigenvalue weighted by Gasteiger charge is 2.27. The van der Waals surface area contributed by atoms with Crippen LogP contribution in [0.1, 0.15) is 44.9 Å². The third kappa shape index (κ3) is 5.56. The van der Waals surface area contributed by atoms with Crippen LogP contribution in [0.5, 0.6) is 0 Å². The molecule has 9 heteroatoms. The fraction of sp³-hybridized carbons (Fsp3) is 0.727. The van der Waals surface area contributed by atoms with Gasteiger partial charge in [-0.15, -0.1) is 0 Å². The Hall–Kier alpha value is -1.71. The van der Waals surface area contributed by atoms with E-state index < -0.39 is 10.0 Å². The maximum absolute atomic E-state index is 12.7. The van der Waals surface area contributed by atoms with E-state index in [1.54, 1.807) is 12.1 Å². The number of sulfonamides is 1. The molecule has 3 fully saturated rings. The second-order valence-electron chi connectivity index (χ2n) is 8.78. The van der Waals surface area contributed by atoms with E-state index in [1.165, 1.54) is 42.6 Å². The third-order valence-electron chi connectivity index (χ3n) is 6.78. The predicted octanol–water partition coefficient (Wildman–Crippen LogP) is 2.11. The fourth-order valence-corrected chi connectivity index (χ4v) is 6.15. The van der Waals surface area contributed by atoms with Gasteiger partial charge in [-0.05, 0) is 24.5 Å². The Labute approximate surface area is 185 Å². The quantitative estimate of drug-likeness (QED) is 0.660. The summed E-state index contributed by atoms with van der Waals surface area (Å²) in [6, 6.07) is 3.41. The number of morpholine rings is 1. The van der Waals surface area contributed by atoms with Crippen molar-refractivity contribution in [3.05, 3.63) is 18.3 Å². The summed E-state index contributed by atoms with van der Waals surface area (Å²) in [6.07, 6.45) is 9.68. The molecular formula is C22H34N4O4S. The van der Waals surface area contributed by atoms with Gasteiger partial charge >= 0.3 is 0 Å². The largest absolute Gasteiger partial charge is 0.379 e. The molecule has 0 unspecified atom stereocenters. The van der Waals surface area contributed by atoms with Crippen LogP contribution in [-0.4, -0.2) is 81.0 Å². The Morgan fingerprint density at radius 1 is 1.00 bits per heavy atom. The second-order valence-corrected chi connectivity index (χ2v) is 10.7. The summed E-state index contributed by atoms with van der Waals surface area (Å²) in [6.45, 7) is 4.43. The highest BCUT2D eigenvalue weighted by molar-refractivity contribution is 7.89. The van der Waals surface area contributed by atoms with Gasteiger partial charge in [0.05, 0.1) is 13.2 Å². The molecule has 31 heavy (non-hydrogen) atoms. The Kier molecular flexibility index (Phi) is 7.45. The van der Waals surface area contributed by atoms with Gasteiger partial charge in [0.1, 0.15) is 10.7 Å². The maximum Gasteiger partial charge on any atom is 0.244 e. The molecule has 0 bridgehead atoms. The number of hydrogen-bond acceptors (Lipinski definition) is 6. The first-order valence-electron chi connectivity index (χ1n) is 11.6. The summed E-state index contributed by atoms with van der Waals surface area (Å²) in [4.78, 5) is 21.3. The minimum Gasteiger partial charge on any atom is -0.379 e. The first-order valence-corrected chi connectivity index (χ1v) is 13.0. The topological polar surface area (TPSA) is 83.1 Å². The second kappa shape index (κ2) is 10.3. The minimum absolute atomic E-state index is 0.217. The zero-order valence-corrected chi connectivity index (χ0v) is 19.1. The molecule has 3 heterocycles. The minimum atomic E-state index is -3.53. The van der Waals surface area contributed by atoms with Crippen molar-refractivity contribution in [2.75, 3.05) is 57.4 Å². The lowest BCUT2D eigenvalue weighted by Gasteiger charge is -2.36. The number of hydrogen-bond donors (Lipinski definition) is 0. The highest BCUT2D eigenvalue weighted by atomic mass is 32.2. The Morgan fingerprint density at radius 2 is 1.71 bits per heavy atom. The van der Waals surface area contributed by atoms with Gasteiger partial charge in [-0.1, -0.05) is 32.1 Å². The molecule has 0 atom stereocenters. The van der Waals surface area contributed by atoms with E-state index in [9.17, 15) is 13.2 Å². The molecule has 3 aliphatic rings. The van der Waals surface area contributed by atoms with Crippen molar-refractivity contribution in [1.82, 2.24) is 14.2 Å². The lowest BCUT2D eigenvalue weighted by Crippen LogP contribution is -2.49. The number of nitrogens with zero attached hydrogens (tertiary/aromatic N) is 4. The van der Waals surface area contributed by atoms with Gasteiger partial charge < -0.3 is 14.5 Å². The Morgan fingerprint density at radius 3 is 2.35 bits per heavy atom. The molecule has 1 aromatic rings. The van der Waals surface area contributed by atoms with E-state index >= 15 is 0 Å². The standard InChI is InChI=1S/C22H34N4O4S/c27-22(9-6-19-4-2-1-3-5-19)25-12-10-24(11-13-25)21-8-7-20(18-23-21)31(28,29)26-14-16-30-17-15-26/h7-8,18-19H,1-6,9-17H2. The van der Waals surface area contributed by atoms with E-state index in [-0.39, 0.29) is 10.8 Å². The van der Waals surface area contributed by atoms with Crippen molar-refractivity contribution < 1.29 is 17.9 Å². The number of anilines is 1. The van der Waals surface area contributed by atoms with E-state index in [0.29, 0.717) is 45.8 Å². The zero-order chi connectivity index (χ0) is 21.7. The molecule has 0 N–H and O–H groups in total. The first kappa shape index (κ1) is 22.5. The van der Waals surface area contributed by atoms with Crippen molar-refractivity contribution in [1.29, 1.82) is 0 Å².